The summed E-state index contributed by atoms with van der Waals surface area (Å²) in [7, 11) is 0. The summed E-state index contributed by atoms with van der Waals surface area (Å²) in [6, 6.07) is 13.2. The van der Waals surface area contributed by atoms with Gasteiger partial charge in [-0.3, -0.25) is 19.7 Å². The molecule has 0 aliphatic heterocycles. The summed E-state index contributed by atoms with van der Waals surface area (Å²) in [4.78, 5) is 34.2. The van der Waals surface area contributed by atoms with E-state index in [0.717, 1.165) is 0 Å². The van der Waals surface area contributed by atoms with Crippen LogP contribution in [0.2, 0.25) is 0 Å². The maximum absolute atomic E-state index is 11.9. The number of carbonyl (C=O) groups excluding carboxylic acids is 2. The zero-order valence-corrected chi connectivity index (χ0v) is 13.1. The van der Waals surface area contributed by atoms with Gasteiger partial charge in [-0.05, 0) is 25.1 Å². The highest BCUT2D eigenvalue weighted by molar-refractivity contribution is 5.95. The lowest BCUT2D eigenvalue weighted by molar-refractivity contribution is -0.385. The Hall–Kier alpha value is -3.22. The normalized spacial score (nSPS) is 10.0. The first-order chi connectivity index (χ1) is 11.5. The summed E-state index contributed by atoms with van der Waals surface area (Å²) >= 11 is 0. The van der Waals surface area contributed by atoms with Crippen LogP contribution in [0.3, 0.4) is 0 Å². The first kappa shape index (κ1) is 17.1. The van der Waals surface area contributed by atoms with Gasteiger partial charge in [-0.25, -0.2) is 0 Å². The lowest BCUT2D eigenvalue weighted by Gasteiger charge is -2.09. The first-order valence-electron chi connectivity index (χ1n) is 7.36. The highest BCUT2D eigenvalue weighted by atomic mass is 16.6. The third kappa shape index (κ3) is 4.39. The first-order valence-corrected chi connectivity index (χ1v) is 7.36. The lowest BCUT2D eigenvalue weighted by atomic mass is 10.1. The van der Waals surface area contributed by atoms with Crippen molar-refractivity contribution in [2.75, 3.05) is 11.9 Å². The second kappa shape index (κ2) is 7.87. The summed E-state index contributed by atoms with van der Waals surface area (Å²) in [6.07, 6.45) is 0.0701. The number of benzene rings is 2. The Morgan fingerprint density at radius 2 is 1.79 bits per heavy atom. The van der Waals surface area contributed by atoms with E-state index in [1.165, 1.54) is 12.1 Å². The van der Waals surface area contributed by atoms with Crippen LogP contribution in [0.1, 0.15) is 22.3 Å². The largest absolute Gasteiger partial charge is 0.352 e. The molecule has 7 heteroatoms. The fraction of sp³-hybridized carbons (Fsp3) is 0.176. The van der Waals surface area contributed by atoms with E-state index in [1.807, 2.05) is 6.07 Å². The number of nitrogens with one attached hydrogen (secondary N) is 2. The Morgan fingerprint density at radius 3 is 2.46 bits per heavy atom. The number of nitro benzene ring substituents is 1. The van der Waals surface area contributed by atoms with Gasteiger partial charge in [-0.15, -0.1) is 0 Å². The maximum Gasteiger partial charge on any atom is 0.274 e. The minimum atomic E-state index is -0.495. The number of rotatable bonds is 6. The van der Waals surface area contributed by atoms with Crippen LogP contribution in [-0.4, -0.2) is 23.3 Å². The number of anilines is 1. The SMILES string of the molecule is Cc1c(NC(=O)CCNC(=O)c2ccccc2)cccc1[N+](=O)[O-]. The van der Waals surface area contributed by atoms with Crippen molar-refractivity contribution in [3.8, 4) is 0 Å². The standard InChI is InChI=1S/C17H17N3O4/c1-12-14(8-5-9-15(12)20(23)24)19-16(21)10-11-18-17(22)13-6-3-2-4-7-13/h2-9H,10-11H2,1H3,(H,18,22)(H,19,21). The average molecular weight is 327 g/mol. The minimum Gasteiger partial charge on any atom is -0.352 e. The quantitative estimate of drug-likeness (QED) is 0.629. The average Bonchev–Trinajstić information content (AvgIpc) is 2.57. The highest BCUT2D eigenvalue weighted by Crippen LogP contribution is 2.24. The van der Waals surface area contributed by atoms with Crippen molar-refractivity contribution in [3.05, 3.63) is 69.8 Å². The molecule has 0 fully saturated rings. The predicted molar refractivity (Wildman–Crippen MR) is 89.9 cm³/mol. The molecule has 2 N–H and O–H groups in total. The number of carbonyl (C=O) groups is 2. The number of nitrogens with zero attached hydrogens (tertiary/aromatic N) is 1. The molecule has 0 aromatic heterocycles. The van der Waals surface area contributed by atoms with E-state index in [1.54, 1.807) is 37.3 Å². The fourth-order valence-corrected chi connectivity index (χ4v) is 2.15. The topological polar surface area (TPSA) is 101 Å². The van der Waals surface area contributed by atoms with Crippen molar-refractivity contribution in [2.24, 2.45) is 0 Å². The Morgan fingerprint density at radius 1 is 1.08 bits per heavy atom. The molecule has 2 rings (SSSR count). The monoisotopic (exact) mass is 327 g/mol. The van der Waals surface area contributed by atoms with Crippen LogP contribution >= 0.6 is 0 Å². The summed E-state index contributed by atoms with van der Waals surface area (Å²) in [6.45, 7) is 1.75. The van der Waals surface area contributed by atoms with Crippen molar-refractivity contribution in [1.82, 2.24) is 5.32 Å². The van der Waals surface area contributed by atoms with Crippen molar-refractivity contribution >= 4 is 23.2 Å². The molecule has 0 atom stereocenters. The molecule has 0 radical (unpaired) electrons. The Bertz CT molecular complexity index is 760. The van der Waals surface area contributed by atoms with Crippen LogP contribution in [0.25, 0.3) is 0 Å². The number of nitro groups is 1. The van der Waals surface area contributed by atoms with E-state index in [-0.39, 0.29) is 30.5 Å². The Labute approximate surface area is 138 Å². The van der Waals surface area contributed by atoms with E-state index in [2.05, 4.69) is 10.6 Å². The summed E-state index contributed by atoms with van der Waals surface area (Å²) < 4.78 is 0. The molecule has 0 bridgehead atoms. The van der Waals surface area contributed by atoms with Crippen molar-refractivity contribution in [2.45, 2.75) is 13.3 Å². The van der Waals surface area contributed by atoms with Crippen LogP contribution in [0.5, 0.6) is 0 Å². The van der Waals surface area contributed by atoms with E-state index in [0.29, 0.717) is 16.8 Å². The zero-order chi connectivity index (χ0) is 17.5. The molecule has 7 nitrogen and oxygen atoms in total. The van der Waals surface area contributed by atoms with Gasteiger partial charge < -0.3 is 10.6 Å². The van der Waals surface area contributed by atoms with Gasteiger partial charge in [0.2, 0.25) is 5.91 Å². The van der Waals surface area contributed by atoms with Gasteiger partial charge in [0.05, 0.1) is 16.2 Å². The summed E-state index contributed by atoms with van der Waals surface area (Å²) in [5.41, 5.74) is 1.25. The summed E-state index contributed by atoms with van der Waals surface area (Å²) in [5.74, 6) is -0.582. The number of amides is 2. The van der Waals surface area contributed by atoms with E-state index in [9.17, 15) is 19.7 Å². The number of hydrogen-bond acceptors (Lipinski definition) is 4. The molecular formula is C17H17N3O4. The number of hydrogen-bond donors (Lipinski definition) is 2. The van der Waals surface area contributed by atoms with Gasteiger partial charge in [-0.1, -0.05) is 24.3 Å². The minimum absolute atomic E-state index is 0.0508. The predicted octanol–water partition coefficient (Wildman–Crippen LogP) is 2.66. The van der Waals surface area contributed by atoms with Gasteiger partial charge in [0.15, 0.2) is 0 Å². The van der Waals surface area contributed by atoms with Crippen LogP contribution in [0, 0.1) is 17.0 Å². The van der Waals surface area contributed by atoms with Crippen molar-refractivity contribution < 1.29 is 14.5 Å². The second-order valence-corrected chi connectivity index (χ2v) is 5.13. The molecule has 2 aromatic carbocycles. The van der Waals surface area contributed by atoms with Gasteiger partial charge >= 0.3 is 0 Å². The molecule has 0 aliphatic rings. The van der Waals surface area contributed by atoms with Gasteiger partial charge in [0.1, 0.15) is 0 Å². The van der Waals surface area contributed by atoms with E-state index < -0.39 is 4.92 Å². The van der Waals surface area contributed by atoms with E-state index >= 15 is 0 Å². The zero-order valence-electron chi connectivity index (χ0n) is 13.1. The Kier molecular flexibility index (Phi) is 5.62. The fourth-order valence-electron chi connectivity index (χ4n) is 2.15. The maximum atomic E-state index is 11.9. The molecule has 0 saturated carbocycles. The molecule has 0 saturated heterocycles. The van der Waals surface area contributed by atoms with Gasteiger partial charge in [0, 0.05) is 24.6 Å². The molecule has 0 aliphatic carbocycles. The molecule has 24 heavy (non-hydrogen) atoms. The van der Waals surface area contributed by atoms with Crippen LogP contribution in [0.4, 0.5) is 11.4 Å². The molecule has 0 spiro atoms. The summed E-state index contributed by atoms with van der Waals surface area (Å²) in [5, 5.41) is 16.2. The van der Waals surface area contributed by atoms with E-state index in [4.69, 9.17) is 0 Å². The molecular weight excluding hydrogens is 310 g/mol. The Balaban J connectivity index is 1.87. The lowest BCUT2D eigenvalue weighted by Crippen LogP contribution is -2.27. The van der Waals surface area contributed by atoms with Crippen molar-refractivity contribution in [3.63, 3.8) is 0 Å². The smallest absolute Gasteiger partial charge is 0.274 e. The second-order valence-electron chi connectivity index (χ2n) is 5.13. The van der Waals surface area contributed by atoms with Crippen LogP contribution in [0.15, 0.2) is 48.5 Å². The molecule has 0 unspecified atom stereocenters. The molecule has 124 valence electrons. The third-order valence-electron chi connectivity index (χ3n) is 3.45. The van der Waals surface area contributed by atoms with Crippen LogP contribution < -0.4 is 10.6 Å². The highest BCUT2D eigenvalue weighted by Gasteiger charge is 2.14. The molecule has 2 amide bonds. The molecule has 2 aromatic rings. The van der Waals surface area contributed by atoms with Crippen molar-refractivity contribution in [1.29, 1.82) is 0 Å². The third-order valence-corrected chi connectivity index (χ3v) is 3.45. The molecule has 0 heterocycles. The van der Waals surface area contributed by atoms with Crippen LogP contribution in [-0.2, 0) is 4.79 Å². The van der Waals surface area contributed by atoms with Gasteiger partial charge in [0.25, 0.3) is 11.6 Å². The van der Waals surface area contributed by atoms with Gasteiger partial charge in [-0.2, -0.15) is 0 Å².